The Labute approximate surface area is 124 Å². The lowest BCUT2D eigenvalue weighted by Gasteiger charge is -2.32. The fourth-order valence-corrected chi connectivity index (χ4v) is 3.38. The zero-order valence-electron chi connectivity index (χ0n) is 12.0. The predicted molar refractivity (Wildman–Crippen MR) is 83.7 cm³/mol. The lowest BCUT2D eigenvalue weighted by atomic mass is 10.1. The maximum Gasteiger partial charge on any atom is 0.148 e. The first kappa shape index (κ1) is 14.6. The van der Waals surface area contributed by atoms with Crippen molar-refractivity contribution < 1.29 is 0 Å². The smallest absolute Gasteiger partial charge is 0.148 e. The lowest BCUT2D eigenvalue weighted by Crippen LogP contribution is -2.37. The van der Waals surface area contributed by atoms with Crippen molar-refractivity contribution in [2.24, 2.45) is 5.92 Å². The van der Waals surface area contributed by atoms with Gasteiger partial charge in [-0.15, -0.1) is 0 Å². The molecule has 5 heteroatoms. The van der Waals surface area contributed by atoms with Crippen molar-refractivity contribution in [3.63, 3.8) is 0 Å². The minimum Gasteiger partial charge on any atom is -0.372 e. The summed E-state index contributed by atoms with van der Waals surface area (Å²) in [6.45, 7) is 5.56. The zero-order chi connectivity index (χ0) is 13.8. The molecule has 0 unspecified atom stereocenters. The van der Waals surface area contributed by atoms with Gasteiger partial charge in [0.05, 0.1) is 0 Å². The fourth-order valence-electron chi connectivity index (χ4n) is 2.75. The number of rotatable bonds is 5. The van der Waals surface area contributed by atoms with Gasteiger partial charge in [-0.05, 0) is 34.7 Å². The van der Waals surface area contributed by atoms with Gasteiger partial charge in [0.2, 0.25) is 0 Å². The standard InChI is InChI=1S/C14H23BrN4/c1-10(2)8-19(11-6-4-5-7-11)14-12(15)13(16-3)17-9-18-14/h9-11H,4-8H2,1-3H3,(H,16,17,18). The largest absolute Gasteiger partial charge is 0.372 e. The second-order valence-electron chi connectivity index (χ2n) is 5.59. The summed E-state index contributed by atoms with van der Waals surface area (Å²) in [5.74, 6) is 2.51. The van der Waals surface area contributed by atoms with Gasteiger partial charge < -0.3 is 10.2 Å². The molecule has 0 radical (unpaired) electrons. The third kappa shape index (κ3) is 3.38. The van der Waals surface area contributed by atoms with E-state index in [1.54, 1.807) is 6.33 Å². The van der Waals surface area contributed by atoms with Crippen molar-refractivity contribution in [1.29, 1.82) is 0 Å². The molecule has 0 aromatic carbocycles. The molecule has 1 fully saturated rings. The van der Waals surface area contributed by atoms with E-state index in [1.165, 1.54) is 25.7 Å². The lowest BCUT2D eigenvalue weighted by molar-refractivity contribution is 0.530. The molecule has 1 aromatic heterocycles. The van der Waals surface area contributed by atoms with Crippen LogP contribution in [-0.2, 0) is 0 Å². The first-order chi connectivity index (χ1) is 9.13. The molecule has 0 saturated heterocycles. The fraction of sp³-hybridized carbons (Fsp3) is 0.714. The molecule has 1 N–H and O–H groups in total. The highest BCUT2D eigenvalue weighted by molar-refractivity contribution is 9.10. The van der Waals surface area contributed by atoms with Gasteiger partial charge in [-0.25, -0.2) is 9.97 Å². The molecule has 0 bridgehead atoms. The Morgan fingerprint density at radius 3 is 2.63 bits per heavy atom. The van der Waals surface area contributed by atoms with Gasteiger partial charge in [-0.1, -0.05) is 26.7 Å². The van der Waals surface area contributed by atoms with Crippen LogP contribution in [0.4, 0.5) is 11.6 Å². The molecule has 0 amide bonds. The van der Waals surface area contributed by atoms with Gasteiger partial charge in [0.1, 0.15) is 22.4 Å². The van der Waals surface area contributed by atoms with Crippen molar-refractivity contribution in [3.8, 4) is 0 Å². The zero-order valence-corrected chi connectivity index (χ0v) is 13.6. The SMILES string of the molecule is CNc1ncnc(N(CC(C)C)C2CCCC2)c1Br. The number of hydrogen-bond donors (Lipinski definition) is 1. The van der Waals surface area contributed by atoms with Crippen LogP contribution in [0.1, 0.15) is 39.5 Å². The van der Waals surface area contributed by atoms with Gasteiger partial charge in [0.25, 0.3) is 0 Å². The minimum atomic E-state index is 0.623. The number of anilines is 2. The van der Waals surface area contributed by atoms with Crippen molar-refractivity contribution in [2.45, 2.75) is 45.6 Å². The molecule has 106 valence electrons. The van der Waals surface area contributed by atoms with E-state index in [4.69, 9.17) is 0 Å². The Morgan fingerprint density at radius 2 is 2.05 bits per heavy atom. The van der Waals surface area contributed by atoms with Gasteiger partial charge >= 0.3 is 0 Å². The monoisotopic (exact) mass is 326 g/mol. The Hall–Kier alpha value is -0.840. The highest BCUT2D eigenvalue weighted by Gasteiger charge is 2.26. The third-order valence-electron chi connectivity index (χ3n) is 3.61. The third-order valence-corrected chi connectivity index (χ3v) is 4.34. The van der Waals surface area contributed by atoms with Crippen LogP contribution in [0, 0.1) is 5.92 Å². The van der Waals surface area contributed by atoms with Crippen molar-refractivity contribution in [3.05, 3.63) is 10.8 Å². The molecule has 1 heterocycles. The minimum absolute atomic E-state index is 0.623. The number of halogens is 1. The first-order valence-corrected chi connectivity index (χ1v) is 7.87. The Morgan fingerprint density at radius 1 is 1.37 bits per heavy atom. The number of nitrogens with one attached hydrogen (secondary N) is 1. The van der Waals surface area contributed by atoms with Gasteiger partial charge in [-0.3, -0.25) is 0 Å². The summed E-state index contributed by atoms with van der Waals surface area (Å²) < 4.78 is 0.977. The van der Waals surface area contributed by atoms with Crippen LogP contribution in [-0.4, -0.2) is 29.6 Å². The Kier molecular flexibility index (Phi) is 5.02. The summed E-state index contributed by atoms with van der Waals surface area (Å²) >= 11 is 3.65. The predicted octanol–water partition coefficient (Wildman–Crippen LogP) is 3.69. The van der Waals surface area contributed by atoms with Crippen LogP contribution in [0.2, 0.25) is 0 Å². The van der Waals surface area contributed by atoms with Crippen molar-refractivity contribution in [2.75, 3.05) is 23.8 Å². The molecule has 0 aliphatic heterocycles. The first-order valence-electron chi connectivity index (χ1n) is 7.08. The highest BCUT2D eigenvalue weighted by Crippen LogP contribution is 2.34. The van der Waals surface area contributed by atoms with Crippen LogP contribution >= 0.6 is 15.9 Å². The molecule has 2 rings (SSSR count). The average Bonchev–Trinajstić information content (AvgIpc) is 2.90. The van der Waals surface area contributed by atoms with Gasteiger partial charge in [-0.2, -0.15) is 0 Å². The molecule has 1 aliphatic carbocycles. The van der Waals surface area contributed by atoms with Crippen LogP contribution in [0.3, 0.4) is 0 Å². The molecule has 1 aromatic rings. The molecule has 0 spiro atoms. The van der Waals surface area contributed by atoms with E-state index in [2.05, 4.69) is 50.0 Å². The highest BCUT2D eigenvalue weighted by atomic mass is 79.9. The van der Waals surface area contributed by atoms with E-state index in [9.17, 15) is 0 Å². The topological polar surface area (TPSA) is 41.1 Å². The van der Waals surface area contributed by atoms with Crippen LogP contribution in [0.25, 0.3) is 0 Å². The van der Waals surface area contributed by atoms with Crippen molar-refractivity contribution in [1.82, 2.24) is 9.97 Å². The van der Waals surface area contributed by atoms with E-state index in [-0.39, 0.29) is 0 Å². The maximum atomic E-state index is 4.51. The summed E-state index contributed by atoms with van der Waals surface area (Å²) in [7, 11) is 1.89. The summed E-state index contributed by atoms with van der Waals surface area (Å²) in [6.07, 6.45) is 6.87. The Bertz CT molecular complexity index is 416. The summed E-state index contributed by atoms with van der Waals surface area (Å²) in [5.41, 5.74) is 0. The second kappa shape index (κ2) is 6.55. The number of hydrogen-bond acceptors (Lipinski definition) is 4. The molecule has 1 saturated carbocycles. The molecule has 19 heavy (non-hydrogen) atoms. The quantitative estimate of drug-likeness (QED) is 0.896. The molecule has 0 atom stereocenters. The van der Waals surface area contributed by atoms with Crippen molar-refractivity contribution >= 4 is 27.6 Å². The summed E-state index contributed by atoms with van der Waals surface area (Å²) in [6, 6.07) is 0.623. The molecular formula is C14H23BrN4. The molecule has 4 nitrogen and oxygen atoms in total. The van der Waals surface area contributed by atoms with Crippen LogP contribution in [0.15, 0.2) is 10.8 Å². The van der Waals surface area contributed by atoms with Gasteiger partial charge in [0, 0.05) is 19.6 Å². The number of aromatic nitrogens is 2. The van der Waals surface area contributed by atoms with Crippen LogP contribution in [0.5, 0.6) is 0 Å². The summed E-state index contributed by atoms with van der Waals surface area (Å²) in [5, 5.41) is 3.11. The number of nitrogens with zero attached hydrogens (tertiary/aromatic N) is 3. The van der Waals surface area contributed by atoms with Crippen LogP contribution < -0.4 is 10.2 Å². The molecular weight excluding hydrogens is 304 g/mol. The average molecular weight is 327 g/mol. The molecule has 1 aliphatic rings. The summed E-state index contributed by atoms with van der Waals surface area (Å²) in [4.78, 5) is 11.2. The van der Waals surface area contributed by atoms with Gasteiger partial charge in [0.15, 0.2) is 0 Å². The van der Waals surface area contributed by atoms with E-state index in [0.717, 1.165) is 22.7 Å². The maximum absolute atomic E-state index is 4.51. The van der Waals surface area contributed by atoms with E-state index in [0.29, 0.717) is 12.0 Å². The van der Waals surface area contributed by atoms with E-state index >= 15 is 0 Å². The Balaban J connectivity index is 2.31. The second-order valence-corrected chi connectivity index (χ2v) is 6.39. The van der Waals surface area contributed by atoms with E-state index < -0.39 is 0 Å². The normalized spacial score (nSPS) is 16.1. The van der Waals surface area contributed by atoms with E-state index in [1.807, 2.05) is 7.05 Å².